The summed E-state index contributed by atoms with van der Waals surface area (Å²) in [5.41, 5.74) is 5.77. The molecular formula is C27H22O. The van der Waals surface area contributed by atoms with Crippen LogP contribution in [0.3, 0.4) is 0 Å². The molecule has 0 spiro atoms. The van der Waals surface area contributed by atoms with Gasteiger partial charge in [0.1, 0.15) is 11.5 Å². The Morgan fingerprint density at radius 1 is 0.607 bits per heavy atom. The van der Waals surface area contributed by atoms with Crippen molar-refractivity contribution in [2.45, 2.75) is 18.8 Å². The fourth-order valence-corrected chi connectivity index (χ4v) is 4.47. The van der Waals surface area contributed by atoms with Crippen LogP contribution in [-0.2, 0) is 11.8 Å². The Labute approximate surface area is 166 Å². The van der Waals surface area contributed by atoms with Crippen LogP contribution in [0, 0.1) is 0 Å². The summed E-state index contributed by atoms with van der Waals surface area (Å²) in [4.78, 5) is 0. The Hall–Kier alpha value is -3.32. The molecule has 1 heterocycles. The van der Waals surface area contributed by atoms with E-state index in [4.69, 9.17) is 4.74 Å². The lowest BCUT2D eigenvalue weighted by Gasteiger charge is -2.41. The molecule has 4 aromatic carbocycles. The van der Waals surface area contributed by atoms with Gasteiger partial charge in [-0.2, -0.15) is 0 Å². The van der Waals surface area contributed by atoms with Gasteiger partial charge in [-0.05, 0) is 35.2 Å². The zero-order chi connectivity index (χ0) is 19.0. The highest BCUT2D eigenvalue weighted by Gasteiger charge is 2.45. The van der Waals surface area contributed by atoms with E-state index >= 15 is 0 Å². The van der Waals surface area contributed by atoms with Gasteiger partial charge in [0.2, 0.25) is 0 Å². The molecule has 0 saturated heterocycles. The maximum atomic E-state index is 6.42. The van der Waals surface area contributed by atoms with Crippen molar-refractivity contribution in [1.29, 1.82) is 0 Å². The van der Waals surface area contributed by atoms with E-state index in [-0.39, 0.29) is 0 Å². The molecule has 1 heteroatoms. The highest BCUT2D eigenvalue weighted by atomic mass is 16.5. The molecule has 0 atom stereocenters. The lowest BCUT2D eigenvalue weighted by atomic mass is 9.63. The molecule has 1 aliphatic heterocycles. The molecule has 1 aliphatic rings. The topological polar surface area (TPSA) is 9.23 Å². The van der Waals surface area contributed by atoms with Crippen LogP contribution in [-0.4, -0.2) is 0 Å². The summed E-state index contributed by atoms with van der Waals surface area (Å²) >= 11 is 0. The van der Waals surface area contributed by atoms with Gasteiger partial charge in [0.15, 0.2) is 0 Å². The highest BCUT2D eigenvalue weighted by molar-refractivity contribution is 5.69. The van der Waals surface area contributed by atoms with Gasteiger partial charge in [-0.1, -0.05) is 97.9 Å². The van der Waals surface area contributed by atoms with E-state index in [0.717, 1.165) is 17.9 Å². The van der Waals surface area contributed by atoms with E-state index in [0.29, 0.717) is 0 Å². The predicted molar refractivity (Wildman–Crippen MR) is 114 cm³/mol. The van der Waals surface area contributed by atoms with Crippen molar-refractivity contribution >= 4 is 0 Å². The molecule has 0 aromatic heterocycles. The smallest absolute Gasteiger partial charge is 0.132 e. The maximum absolute atomic E-state index is 6.42. The zero-order valence-corrected chi connectivity index (χ0v) is 15.9. The summed E-state index contributed by atoms with van der Waals surface area (Å²) in [6.45, 7) is 2.18. The van der Waals surface area contributed by atoms with Gasteiger partial charge in [-0.3, -0.25) is 0 Å². The summed E-state index contributed by atoms with van der Waals surface area (Å²) < 4.78 is 6.42. The van der Waals surface area contributed by atoms with Gasteiger partial charge in [-0.25, -0.2) is 0 Å². The predicted octanol–water partition coefficient (Wildman–Crippen LogP) is 6.74. The minimum Gasteiger partial charge on any atom is -0.457 e. The number of para-hydroxylation sites is 1. The average Bonchev–Trinajstić information content (AvgIpc) is 2.78. The third kappa shape index (κ3) is 2.40. The second-order valence-corrected chi connectivity index (χ2v) is 7.26. The van der Waals surface area contributed by atoms with Gasteiger partial charge in [0.25, 0.3) is 0 Å². The normalized spacial score (nSPS) is 13.9. The fourth-order valence-electron chi connectivity index (χ4n) is 4.47. The molecule has 0 saturated carbocycles. The minimum atomic E-state index is -0.404. The monoisotopic (exact) mass is 362 g/mol. The lowest BCUT2D eigenvalue weighted by Crippen LogP contribution is -2.34. The molecule has 4 aromatic rings. The third-order valence-electron chi connectivity index (χ3n) is 5.78. The van der Waals surface area contributed by atoms with Gasteiger partial charge < -0.3 is 4.74 Å². The van der Waals surface area contributed by atoms with Crippen molar-refractivity contribution in [3.8, 4) is 11.5 Å². The van der Waals surface area contributed by atoms with Crippen LogP contribution in [0.15, 0.2) is 103 Å². The second-order valence-electron chi connectivity index (χ2n) is 7.26. The van der Waals surface area contributed by atoms with Crippen LogP contribution in [0.4, 0.5) is 0 Å². The Morgan fingerprint density at radius 2 is 1.18 bits per heavy atom. The first-order valence-corrected chi connectivity index (χ1v) is 9.86. The summed E-state index contributed by atoms with van der Waals surface area (Å²) in [7, 11) is 0. The molecule has 0 bridgehead atoms. The van der Waals surface area contributed by atoms with Crippen LogP contribution >= 0.6 is 0 Å². The number of benzene rings is 4. The van der Waals surface area contributed by atoms with Crippen molar-refractivity contribution < 1.29 is 4.74 Å². The van der Waals surface area contributed by atoms with Crippen LogP contribution in [0.2, 0.25) is 0 Å². The summed E-state index contributed by atoms with van der Waals surface area (Å²) in [6.07, 6.45) is 0.988. The Kier molecular flexibility index (Phi) is 4.02. The molecule has 28 heavy (non-hydrogen) atoms. The van der Waals surface area contributed by atoms with Crippen molar-refractivity contribution in [2.75, 3.05) is 0 Å². The molecule has 5 rings (SSSR count). The number of ether oxygens (including phenoxy) is 1. The molecular weight excluding hydrogens is 340 g/mol. The molecule has 0 fully saturated rings. The number of fused-ring (bicyclic) bond motifs is 2. The van der Waals surface area contributed by atoms with E-state index in [1.807, 2.05) is 6.07 Å². The SMILES string of the molecule is CCc1ccc2c(c1)Oc1ccccc1C2(c1ccccc1)c1ccccc1. The standard InChI is InChI=1S/C27H22O/c1-2-20-17-18-24-26(19-20)28-25-16-10-9-15-23(25)27(24,21-11-5-3-6-12-21)22-13-7-4-8-14-22/h3-19H,2H2,1H3. The van der Waals surface area contributed by atoms with Crippen LogP contribution in [0.25, 0.3) is 0 Å². The number of rotatable bonds is 3. The second kappa shape index (κ2) is 6.69. The van der Waals surface area contributed by atoms with Crippen LogP contribution in [0.5, 0.6) is 11.5 Å². The van der Waals surface area contributed by atoms with Gasteiger partial charge in [0, 0.05) is 11.1 Å². The Morgan fingerprint density at radius 3 is 1.82 bits per heavy atom. The highest BCUT2D eigenvalue weighted by Crippen LogP contribution is 2.55. The largest absolute Gasteiger partial charge is 0.457 e. The first-order chi connectivity index (χ1) is 13.8. The maximum Gasteiger partial charge on any atom is 0.132 e. The third-order valence-corrected chi connectivity index (χ3v) is 5.78. The number of hydrogen-bond acceptors (Lipinski definition) is 1. The molecule has 0 unspecified atom stereocenters. The fraction of sp³-hybridized carbons (Fsp3) is 0.111. The van der Waals surface area contributed by atoms with E-state index < -0.39 is 5.41 Å². The first kappa shape index (κ1) is 16.8. The molecule has 0 radical (unpaired) electrons. The molecule has 1 nitrogen and oxygen atoms in total. The minimum absolute atomic E-state index is 0.404. The van der Waals surface area contributed by atoms with E-state index in [1.165, 1.54) is 27.8 Å². The van der Waals surface area contributed by atoms with Gasteiger partial charge >= 0.3 is 0 Å². The first-order valence-electron chi connectivity index (χ1n) is 9.86. The van der Waals surface area contributed by atoms with E-state index in [1.54, 1.807) is 0 Å². The molecule has 0 N–H and O–H groups in total. The number of aryl methyl sites for hydroxylation is 1. The molecule has 136 valence electrons. The zero-order valence-electron chi connectivity index (χ0n) is 15.9. The Bertz CT molecular complexity index is 1070. The van der Waals surface area contributed by atoms with Crippen molar-refractivity contribution in [1.82, 2.24) is 0 Å². The van der Waals surface area contributed by atoms with Crippen LogP contribution < -0.4 is 4.74 Å². The summed E-state index contributed by atoms with van der Waals surface area (Å²) in [5.74, 6) is 1.88. The van der Waals surface area contributed by atoms with E-state index in [2.05, 4.69) is 104 Å². The molecule has 0 amide bonds. The summed E-state index contributed by atoms with van der Waals surface area (Å²) in [6, 6.07) is 36.7. The summed E-state index contributed by atoms with van der Waals surface area (Å²) in [5, 5.41) is 0. The Balaban J connectivity index is 1.94. The quantitative estimate of drug-likeness (QED) is 0.345. The van der Waals surface area contributed by atoms with Crippen LogP contribution in [0.1, 0.15) is 34.7 Å². The van der Waals surface area contributed by atoms with Gasteiger partial charge in [0.05, 0.1) is 5.41 Å². The number of hydrogen-bond donors (Lipinski definition) is 0. The van der Waals surface area contributed by atoms with Crippen molar-refractivity contribution in [3.63, 3.8) is 0 Å². The average molecular weight is 362 g/mol. The van der Waals surface area contributed by atoms with E-state index in [9.17, 15) is 0 Å². The van der Waals surface area contributed by atoms with Gasteiger partial charge in [-0.15, -0.1) is 0 Å². The molecule has 0 aliphatic carbocycles. The lowest BCUT2D eigenvalue weighted by molar-refractivity contribution is 0.434. The van der Waals surface area contributed by atoms with Crippen molar-refractivity contribution in [3.05, 3.63) is 131 Å². The van der Waals surface area contributed by atoms with Crippen molar-refractivity contribution in [2.24, 2.45) is 0 Å².